The standard InChI is InChI=1S/C11H14ClN3O4S/c12-10-4-3-9(6-11(10)15(16)17)20(18,19)14-5-1-2-8(14)7-13/h3-4,6,8H,1-2,5,7,13H2. The highest BCUT2D eigenvalue weighted by atomic mass is 35.5. The first-order valence-corrected chi connectivity index (χ1v) is 7.85. The summed E-state index contributed by atoms with van der Waals surface area (Å²) in [4.78, 5) is 10.0. The number of nitrogens with zero attached hydrogens (tertiary/aromatic N) is 2. The SMILES string of the molecule is NCC1CCCN1S(=O)(=O)c1ccc(Cl)c([N+](=O)[O-])c1. The van der Waals surface area contributed by atoms with Gasteiger partial charge in [-0.15, -0.1) is 0 Å². The third-order valence-corrected chi connectivity index (χ3v) is 5.58. The highest BCUT2D eigenvalue weighted by Gasteiger charge is 2.35. The van der Waals surface area contributed by atoms with Crippen LogP contribution >= 0.6 is 11.6 Å². The van der Waals surface area contributed by atoms with Crippen LogP contribution < -0.4 is 5.73 Å². The summed E-state index contributed by atoms with van der Waals surface area (Å²) in [6.07, 6.45) is 1.43. The number of halogens is 1. The lowest BCUT2D eigenvalue weighted by Gasteiger charge is -2.22. The number of rotatable bonds is 4. The Balaban J connectivity index is 2.44. The smallest absolute Gasteiger partial charge is 0.289 e. The molecule has 1 fully saturated rings. The lowest BCUT2D eigenvalue weighted by atomic mass is 10.2. The lowest BCUT2D eigenvalue weighted by molar-refractivity contribution is -0.384. The van der Waals surface area contributed by atoms with Gasteiger partial charge in [0, 0.05) is 25.2 Å². The van der Waals surface area contributed by atoms with Crippen LogP contribution in [-0.2, 0) is 10.0 Å². The van der Waals surface area contributed by atoms with Crippen molar-refractivity contribution in [2.24, 2.45) is 5.73 Å². The Morgan fingerprint density at radius 3 is 2.80 bits per heavy atom. The monoisotopic (exact) mass is 319 g/mol. The van der Waals surface area contributed by atoms with Crippen LogP contribution in [0, 0.1) is 10.1 Å². The quantitative estimate of drug-likeness (QED) is 0.666. The van der Waals surface area contributed by atoms with E-state index in [0.717, 1.165) is 12.5 Å². The molecule has 2 N–H and O–H groups in total. The van der Waals surface area contributed by atoms with Gasteiger partial charge in [0.25, 0.3) is 5.69 Å². The molecule has 0 radical (unpaired) electrons. The van der Waals surface area contributed by atoms with Gasteiger partial charge in [0.05, 0.1) is 9.82 Å². The lowest BCUT2D eigenvalue weighted by Crippen LogP contribution is -2.39. The molecule has 0 aliphatic carbocycles. The first-order valence-electron chi connectivity index (χ1n) is 6.03. The van der Waals surface area contributed by atoms with Crippen molar-refractivity contribution in [3.8, 4) is 0 Å². The zero-order valence-electron chi connectivity index (χ0n) is 10.5. The normalized spacial score (nSPS) is 20.2. The summed E-state index contributed by atoms with van der Waals surface area (Å²) in [6.45, 7) is 0.607. The second-order valence-electron chi connectivity index (χ2n) is 4.52. The van der Waals surface area contributed by atoms with E-state index in [2.05, 4.69) is 0 Å². The molecule has 0 aromatic heterocycles. The molecule has 9 heteroatoms. The molecule has 1 atom stereocenters. The molecule has 20 heavy (non-hydrogen) atoms. The van der Waals surface area contributed by atoms with Crippen LogP contribution in [0.2, 0.25) is 5.02 Å². The van der Waals surface area contributed by atoms with Crippen molar-refractivity contribution in [2.75, 3.05) is 13.1 Å². The van der Waals surface area contributed by atoms with Crippen LogP contribution in [0.1, 0.15) is 12.8 Å². The number of nitro groups is 1. The fourth-order valence-electron chi connectivity index (χ4n) is 2.29. The molecule has 1 aromatic rings. The predicted octanol–water partition coefficient (Wildman–Crippen LogP) is 1.36. The zero-order chi connectivity index (χ0) is 14.9. The minimum Gasteiger partial charge on any atom is -0.329 e. The Bertz CT molecular complexity index is 635. The van der Waals surface area contributed by atoms with Crippen LogP contribution in [0.4, 0.5) is 5.69 Å². The minimum atomic E-state index is -3.78. The van der Waals surface area contributed by atoms with Crippen molar-refractivity contribution < 1.29 is 13.3 Å². The number of hydrogen-bond donors (Lipinski definition) is 1. The van der Waals surface area contributed by atoms with Gasteiger partial charge < -0.3 is 5.73 Å². The van der Waals surface area contributed by atoms with Crippen molar-refractivity contribution >= 4 is 27.3 Å². The Labute approximate surface area is 121 Å². The van der Waals surface area contributed by atoms with Gasteiger partial charge in [0.1, 0.15) is 5.02 Å². The van der Waals surface area contributed by atoms with Crippen molar-refractivity contribution in [3.63, 3.8) is 0 Å². The molecule has 1 aromatic carbocycles. The van der Waals surface area contributed by atoms with E-state index >= 15 is 0 Å². The summed E-state index contributed by atoms with van der Waals surface area (Å²) in [7, 11) is -3.78. The molecule has 1 saturated heterocycles. The third-order valence-electron chi connectivity index (χ3n) is 3.32. The van der Waals surface area contributed by atoms with E-state index in [1.54, 1.807) is 0 Å². The summed E-state index contributed by atoms with van der Waals surface area (Å²) < 4.78 is 26.3. The Kier molecular flexibility index (Phi) is 4.28. The fraction of sp³-hybridized carbons (Fsp3) is 0.455. The van der Waals surface area contributed by atoms with E-state index in [1.807, 2.05) is 0 Å². The molecule has 2 rings (SSSR count). The Morgan fingerprint density at radius 1 is 1.50 bits per heavy atom. The largest absolute Gasteiger partial charge is 0.329 e. The third kappa shape index (κ3) is 2.64. The van der Waals surface area contributed by atoms with E-state index in [9.17, 15) is 18.5 Å². The van der Waals surface area contributed by atoms with Gasteiger partial charge in [-0.2, -0.15) is 4.31 Å². The first kappa shape index (κ1) is 15.2. The summed E-state index contributed by atoms with van der Waals surface area (Å²) in [6, 6.07) is 3.23. The fourth-order valence-corrected chi connectivity index (χ4v) is 4.20. The maximum atomic E-state index is 12.5. The molecule has 110 valence electrons. The second kappa shape index (κ2) is 5.65. The van der Waals surface area contributed by atoms with Gasteiger partial charge >= 0.3 is 0 Å². The van der Waals surface area contributed by atoms with Gasteiger partial charge in [-0.05, 0) is 25.0 Å². The minimum absolute atomic E-state index is 0.0919. The maximum absolute atomic E-state index is 12.5. The van der Waals surface area contributed by atoms with Crippen molar-refractivity contribution in [1.29, 1.82) is 0 Å². The average Bonchev–Trinajstić information content (AvgIpc) is 2.87. The van der Waals surface area contributed by atoms with E-state index < -0.39 is 20.6 Å². The Morgan fingerprint density at radius 2 is 2.20 bits per heavy atom. The van der Waals surface area contributed by atoms with E-state index in [4.69, 9.17) is 17.3 Å². The average molecular weight is 320 g/mol. The summed E-state index contributed by atoms with van der Waals surface area (Å²) in [5.41, 5.74) is 5.15. The first-order chi connectivity index (χ1) is 9.37. The molecule has 0 spiro atoms. The molecule has 1 aliphatic heterocycles. The number of nitrogens with two attached hydrogens (primary N) is 1. The van der Waals surface area contributed by atoms with Gasteiger partial charge in [0.2, 0.25) is 10.0 Å². The summed E-state index contributed by atoms with van der Waals surface area (Å²) in [5, 5.41) is 10.7. The molecule has 0 bridgehead atoms. The molecular formula is C11H14ClN3O4S. The van der Waals surface area contributed by atoms with Gasteiger partial charge in [-0.1, -0.05) is 11.6 Å². The van der Waals surface area contributed by atoms with Gasteiger partial charge in [-0.25, -0.2) is 8.42 Å². The van der Waals surface area contributed by atoms with Crippen molar-refractivity contribution in [1.82, 2.24) is 4.31 Å². The molecule has 1 aliphatic rings. The molecule has 1 heterocycles. The summed E-state index contributed by atoms with van der Waals surface area (Å²) in [5.74, 6) is 0. The number of nitro benzene ring substituents is 1. The highest BCUT2D eigenvalue weighted by molar-refractivity contribution is 7.89. The molecule has 7 nitrogen and oxygen atoms in total. The van der Waals surface area contributed by atoms with E-state index in [0.29, 0.717) is 13.0 Å². The van der Waals surface area contributed by atoms with Crippen molar-refractivity contribution in [3.05, 3.63) is 33.3 Å². The molecule has 0 amide bonds. The van der Waals surface area contributed by atoms with E-state index in [1.165, 1.54) is 16.4 Å². The van der Waals surface area contributed by atoms with Gasteiger partial charge in [-0.3, -0.25) is 10.1 Å². The van der Waals surface area contributed by atoms with Crippen LogP contribution in [0.3, 0.4) is 0 Å². The van der Waals surface area contributed by atoms with Crippen LogP contribution in [-0.4, -0.2) is 36.8 Å². The number of sulfonamides is 1. The second-order valence-corrected chi connectivity index (χ2v) is 6.82. The van der Waals surface area contributed by atoms with Crippen LogP contribution in [0.5, 0.6) is 0 Å². The van der Waals surface area contributed by atoms with E-state index in [-0.39, 0.29) is 22.5 Å². The highest BCUT2D eigenvalue weighted by Crippen LogP contribution is 2.31. The molecular weight excluding hydrogens is 306 g/mol. The predicted molar refractivity (Wildman–Crippen MR) is 74.1 cm³/mol. The number of hydrogen-bond acceptors (Lipinski definition) is 5. The Hall–Kier alpha value is -1.22. The van der Waals surface area contributed by atoms with Crippen LogP contribution in [0.25, 0.3) is 0 Å². The molecule has 1 unspecified atom stereocenters. The summed E-state index contributed by atoms with van der Waals surface area (Å²) >= 11 is 5.69. The van der Waals surface area contributed by atoms with Gasteiger partial charge in [0.15, 0.2) is 0 Å². The zero-order valence-corrected chi connectivity index (χ0v) is 12.1. The topological polar surface area (TPSA) is 107 Å². The number of benzene rings is 1. The van der Waals surface area contributed by atoms with Crippen molar-refractivity contribution in [2.45, 2.75) is 23.8 Å². The molecule has 0 saturated carbocycles. The van der Waals surface area contributed by atoms with Crippen LogP contribution in [0.15, 0.2) is 23.1 Å². The maximum Gasteiger partial charge on any atom is 0.289 e.